The van der Waals surface area contributed by atoms with Crippen LogP contribution < -0.4 is 5.73 Å². The van der Waals surface area contributed by atoms with Gasteiger partial charge in [0, 0.05) is 40.9 Å². The molecule has 0 aliphatic carbocycles. The number of alkyl halides is 3. The van der Waals surface area contributed by atoms with E-state index in [1.54, 1.807) is 42.6 Å². The van der Waals surface area contributed by atoms with E-state index in [1.165, 1.54) is 24.4 Å². The molecule has 0 saturated heterocycles. The molecule has 2 N–H and O–H groups in total. The summed E-state index contributed by atoms with van der Waals surface area (Å²) in [7, 11) is -3.30. The smallest absolute Gasteiger partial charge is 0.383 e. The summed E-state index contributed by atoms with van der Waals surface area (Å²) in [6.45, 7) is 0. The first-order valence-corrected chi connectivity index (χ1v) is 11.6. The molecule has 0 bridgehead atoms. The summed E-state index contributed by atoms with van der Waals surface area (Å²) < 4.78 is 62.3. The van der Waals surface area contributed by atoms with Crippen molar-refractivity contribution in [1.82, 2.24) is 9.97 Å². The second kappa shape index (κ2) is 8.32. The summed E-state index contributed by atoms with van der Waals surface area (Å²) >= 11 is 0. The molecule has 0 radical (unpaired) electrons. The van der Waals surface area contributed by atoms with Gasteiger partial charge in [-0.3, -0.25) is 4.98 Å². The van der Waals surface area contributed by atoms with Crippen LogP contribution in [0.25, 0.3) is 33.5 Å². The molecule has 168 valence electrons. The normalized spacial score (nSPS) is 12.0. The Morgan fingerprint density at radius 1 is 0.788 bits per heavy atom. The van der Waals surface area contributed by atoms with Gasteiger partial charge in [-0.15, -0.1) is 0 Å². The van der Waals surface area contributed by atoms with Gasteiger partial charge in [-0.05, 0) is 42.0 Å². The Kier molecular flexibility index (Phi) is 5.67. The summed E-state index contributed by atoms with van der Waals surface area (Å²) in [6, 6.07) is 16.5. The number of pyridine rings is 2. The molecule has 0 atom stereocenters. The van der Waals surface area contributed by atoms with Gasteiger partial charge in [-0.25, -0.2) is 13.4 Å². The molecule has 33 heavy (non-hydrogen) atoms. The zero-order chi connectivity index (χ0) is 23.8. The van der Waals surface area contributed by atoms with Crippen molar-refractivity contribution in [3.63, 3.8) is 0 Å². The third-order valence-electron chi connectivity index (χ3n) is 5.09. The molecule has 0 aliphatic heterocycles. The number of sulfone groups is 1. The van der Waals surface area contributed by atoms with E-state index in [2.05, 4.69) is 9.97 Å². The van der Waals surface area contributed by atoms with Gasteiger partial charge in [0.1, 0.15) is 5.82 Å². The molecule has 0 unspecified atom stereocenters. The van der Waals surface area contributed by atoms with Crippen molar-refractivity contribution in [2.45, 2.75) is 11.1 Å². The Hall–Kier alpha value is -3.72. The Morgan fingerprint density at radius 3 is 2.06 bits per heavy atom. The van der Waals surface area contributed by atoms with Crippen LogP contribution in [0.5, 0.6) is 0 Å². The quantitative estimate of drug-likeness (QED) is 0.428. The van der Waals surface area contributed by atoms with Crippen LogP contribution in [0.4, 0.5) is 19.0 Å². The molecule has 0 aliphatic rings. The molecule has 0 fully saturated rings. The summed E-state index contributed by atoms with van der Waals surface area (Å²) in [6.07, 6.45) is -0.185. The minimum absolute atomic E-state index is 0.212. The number of nitrogens with two attached hydrogens (primary N) is 1. The van der Waals surface area contributed by atoms with Crippen molar-refractivity contribution < 1.29 is 21.6 Å². The lowest BCUT2D eigenvalue weighted by Crippen LogP contribution is -2.04. The van der Waals surface area contributed by atoms with Gasteiger partial charge in [-0.2, -0.15) is 13.2 Å². The van der Waals surface area contributed by atoms with Gasteiger partial charge in [0.15, 0.2) is 9.84 Å². The first kappa shape index (κ1) is 22.5. The highest BCUT2D eigenvalue weighted by Gasteiger charge is 2.30. The lowest BCUT2D eigenvalue weighted by atomic mass is 10.0. The lowest BCUT2D eigenvalue weighted by Gasteiger charge is -2.11. The first-order valence-electron chi connectivity index (χ1n) is 9.72. The molecule has 2 aromatic heterocycles. The van der Waals surface area contributed by atoms with Gasteiger partial charge in [-0.1, -0.05) is 30.3 Å². The van der Waals surface area contributed by atoms with Crippen LogP contribution in [0.3, 0.4) is 0 Å². The maximum absolute atomic E-state index is 13.0. The average molecular weight is 469 g/mol. The van der Waals surface area contributed by atoms with E-state index >= 15 is 0 Å². The van der Waals surface area contributed by atoms with Gasteiger partial charge in [0.05, 0.1) is 16.2 Å². The van der Waals surface area contributed by atoms with Crippen LogP contribution in [0.15, 0.2) is 84.0 Å². The summed E-state index contributed by atoms with van der Waals surface area (Å²) in [5.41, 5.74) is 8.78. The number of hydrogen-bond acceptors (Lipinski definition) is 5. The minimum atomic E-state index is -4.43. The van der Waals surface area contributed by atoms with Gasteiger partial charge < -0.3 is 5.73 Å². The van der Waals surface area contributed by atoms with Crippen molar-refractivity contribution in [3.8, 4) is 33.5 Å². The van der Waals surface area contributed by atoms with E-state index in [1.807, 2.05) is 0 Å². The Labute approximate surface area is 188 Å². The number of nitrogen functional groups attached to an aromatic ring is 1. The highest BCUT2D eigenvalue weighted by atomic mass is 32.2. The number of benzene rings is 2. The predicted molar refractivity (Wildman–Crippen MR) is 121 cm³/mol. The molecule has 4 rings (SSSR count). The minimum Gasteiger partial charge on any atom is -0.383 e. The van der Waals surface area contributed by atoms with Gasteiger partial charge >= 0.3 is 6.18 Å². The SMILES string of the molecule is CS(=O)(=O)c1ccc(-c2cnc(N)c(-c3ccc(-c4cccc(C(F)(F)F)c4)nc3)c2)cc1. The molecular weight excluding hydrogens is 451 g/mol. The highest BCUT2D eigenvalue weighted by molar-refractivity contribution is 7.90. The zero-order valence-corrected chi connectivity index (χ0v) is 18.2. The molecule has 2 aromatic carbocycles. The lowest BCUT2D eigenvalue weighted by molar-refractivity contribution is -0.137. The second-order valence-corrected chi connectivity index (χ2v) is 9.48. The van der Waals surface area contributed by atoms with E-state index in [-0.39, 0.29) is 10.7 Å². The van der Waals surface area contributed by atoms with Crippen LogP contribution in [0.1, 0.15) is 5.56 Å². The van der Waals surface area contributed by atoms with Gasteiger partial charge in [0.2, 0.25) is 0 Å². The Balaban J connectivity index is 1.66. The second-order valence-electron chi connectivity index (χ2n) is 7.46. The van der Waals surface area contributed by atoms with Crippen LogP contribution in [0.2, 0.25) is 0 Å². The van der Waals surface area contributed by atoms with Crippen LogP contribution in [-0.4, -0.2) is 24.6 Å². The number of halogens is 3. The highest BCUT2D eigenvalue weighted by Crippen LogP contribution is 2.33. The maximum Gasteiger partial charge on any atom is 0.416 e. The van der Waals surface area contributed by atoms with E-state index in [0.29, 0.717) is 22.4 Å². The fourth-order valence-corrected chi connectivity index (χ4v) is 3.97. The number of nitrogens with zero attached hydrogens (tertiary/aromatic N) is 2. The summed E-state index contributed by atoms with van der Waals surface area (Å²) in [5.74, 6) is 0.264. The van der Waals surface area contributed by atoms with Crippen molar-refractivity contribution in [1.29, 1.82) is 0 Å². The van der Waals surface area contributed by atoms with E-state index < -0.39 is 21.6 Å². The van der Waals surface area contributed by atoms with Crippen molar-refractivity contribution >= 4 is 15.7 Å². The third-order valence-corrected chi connectivity index (χ3v) is 6.22. The molecule has 2 heterocycles. The summed E-state index contributed by atoms with van der Waals surface area (Å²) in [4.78, 5) is 8.75. The number of hydrogen-bond donors (Lipinski definition) is 1. The number of rotatable bonds is 4. The largest absolute Gasteiger partial charge is 0.416 e. The van der Waals surface area contributed by atoms with E-state index in [4.69, 9.17) is 5.73 Å². The Bertz CT molecular complexity index is 1420. The molecule has 0 amide bonds. The van der Waals surface area contributed by atoms with Gasteiger partial charge in [0.25, 0.3) is 0 Å². The number of anilines is 1. The van der Waals surface area contributed by atoms with Crippen molar-refractivity contribution in [3.05, 3.63) is 84.7 Å². The Morgan fingerprint density at radius 2 is 1.45 bits per heavy atom. The van der Waals surface area contributed by atoms with Crippen LogP contribution >= 0.6 is 0 Å². The maximum atomic E-state index is 13.0. The molecule has 4 aromatic rings. The van der Waals surface area contributed by atoms with Crippen LogP contribution in [0, 0.1) is 0 Å². The standard InChI is InChI=1S/C24H18F3N3O2S/c1-33(31,32)20-8-5-15(6-9-20)18-12-21(23(28)30-14-18)17-7-10-22(29-13-17)16-3-2-4-19(11-16)24(25,26)27/h2-14H,1H3,(H2,28,30). The fraction of sp³-hybridized carbons (Fsp3) is 0.0833. The predicted octanol–water partition coefficient (Wildman–Crippen LogP) is 5.48. The zero-order valence-electron chi connectivity index (χ0n) is 17.3. The molecule has 0 saturated carbocycles. The molecule has 5 nitrogen and oxygen atoms in total. The van der Waals surface area contributed by atoms with Crippen molar-refractivity contribution in [2.75, 3.05) is 12.0 Å². The summed E-state index contributed by atoms with van der Waals surface area (Å²) in [5, 5.41) is 0. The molecule has 9 heteroatoms. The molecular formula is C24H18F3N3O2S. The monoisotopic (exact) mass is 469 g/mol. The van der Waals surface area contributed by atoms with Crippen LogP contribution in [-0.2, 0) is 16.0 Å². The topological polar surface area (TPSA) is 85.9 Å². The van der Waals surface area contributed by atoms with E-state index in [0.717, 1.165) is 29.5 Å². The van der Waals surface area contributed by atoms with E-state index in [9.17, 15) is 21.6 Å². The average Bonchev–Trinajstić information content (AvgIpc) is 2.79. The fourth-order valence-electron chi connectivity index (χ4n) is 3.34. The first-order chi connectivity index (χ1) is 15.5. The third kappa shape index (κ3) is 4.88. The molecule has 0 spiro atoms. The van der Waals surface area contributed by atoms with Crippen molar-refractivity contribution in [2.24, 2.45) is 0 Å². The number of aromatic nitrogens is 2.